The van der Waals surface area contributed by atoms with Gasteiger partial charge in [0.05, 0.1) is 11.3 Å². The molecule has 0 atom stereocenters. The topological polar surface area (TPSA) is 58.1 Å². The second-order valence-corrected chi connectivity index (χ2v) is 8.78. The minimum atomic E-state index is -0.259. The van der Waals surface area contributed by atoms with Gasteiger partial charge in [0.25, 0.3) is 5.91 Å². The number of aromatic nitrogens is 2. The Kier molecular flexibility index (Phi) is 6.22. The average molecular weight is 429 g/mol. The number of fused-ring (bicyclic) bond motifs is 1. The minimum Gasteiger partial charge on any atom is -0.298 e. The Balaban J connectivity index is 1.45. The molecule has 0 fully saturated rings. The van der Waals surface area contributed by atoms with Gasteiger partial charge >= 0.3 is 0 Å². The largest absolute Gasteiger partial charge is 0.298 e. The number of anilines is 1. The predicted molar refractivity (Wildman–Crippen MR) is 115 cm³/mol. The van der Waals surface area contributed by atoms with Crippen molar-refractivity contribution < 1.29 is 9.18 Å². The lowest BCUT2D eigenvalue weighted by molar-refractivity contribution is 0.102. The third kappa shape index (κ3) is 4.83. The standard InChI is InChI=1S/C21H21FN4OS2/c1-2-26-11-9-17-18(12-26)29-21(24-17)25-19(27)16-4-3-10-23-20(16)28-13-14-5-7-15(22)8-6-14/h3-8,10H,2,9,11-13H2,1H3,(H,24,25,27). The summed E-state index contributed by atoms with van der Waals surface area (Å²) in [4.78, 5) is 25.4. The average Bonchev–Trinajstić information content (AvgIpc) is 3.14. The van der Waals surface area contributed by atoms with Crippen molar-refractivity contribution in [2.24, 2.45) is 0 Å². The van der Waals surface area contributed by atoms with E-state index >= 15 is 0 Å². The molecule has 0 spiro atoms. The highest BCUT2D eigenvalue weighted by molar-refractivity contribution is 7.98. The fourth-order valence-electron chi connectivity index (χ4n) is 3.15. The summed E-state index contributed by atoms with van der Waals surface area (Å²) >= 11 is 3.00. The molecule has 3 aromatic rings. The third-order valence-corrected chi connectivity index (χ3v) is 6.86. The molecule has 1 N–H and O–H groups in total. The molecule has 2 aromatic heterocycles. The molecule has 8 heteroatoms. The predicted octanol–water partition coefficient (Wildman–Crippen LogP) is 4.60. The van der Waals surface area contributed by atoms with Gasteiger partial charge in [0, 0.05) is 36.3 Å². The number of nitrogens with one attached hydrogen (secondary N) is 1. The van der Waals surface area contributed by atoms with Gasteiger partial charge in [-0.15, -0.1) is 23.1 Å². The van der Waals surface area contributed by atoms with Crippen molar-refractivity contribution >= 4 is 34.1 Å². The Morgan fingerprint density at radius 3 is 2.93 bits per heavy atom. The summed E-state index contributed by atoms with van der Waals surface area (Å²) in [7, 11) is 0. The van der Waals surface area contributed by atoms with E-state index in [2.05, 4.69) is 27.1 Å². The van der Waals surface area contributed by atoms with E-state index in [0.717, 1.165) is 37.3 Å². The monoisotopic (exact) mass is 428 g/mol. The molecule has 4 rings (SSSR count). The van der Waals surface area contributed by atoms with E-state index in [0.29, 0.717) is 21.5 Å². The number of thiazole rings is 1. The summed E-state index contributed by atoms with van der Waals surface area (Å²) in [5.74, 6) is 0.138. The van der Waals surface area contributed by atoms with Gasteiger partial charge in [-0.3, -0.25) is 15.0 Å². The second kappa shape index (κ2) is 9.02. The van der Waals surface area contributed by atoms with Gasteiger partial charge in [-0.1, -0.05) is 19.1 Å². The van der Waals surface area contributed by atoms with Crippen molar-refractivity contribution in [3.8, 4) is 0 Å². The van der Waals surface area contributed by atoms with Gasteiger partial charge < -0.3 is 0 Å². The number of rotatable bonds is 6. The van der Waals surface area contributed by atoms with Crippen molar-refractivity contribution in [1.82, 2.24) is 14.9 Å². The summed E-state index contributed by atoms with van der Waals surface area (Å²) in [5, 5.41) is 4.22. The van der Waals surface area contributed by atoms with E-state index in [9.17, 15) is 9.18 Å². The minimum absolute atomic E-state index is 0.210. The number of carbonyl (C=O) groups excluding carboxylic acids is 1. The molecular weight excluding hydrogens is 407 g/mol. The van der Waals surface area contributed by atoms with Crippen molar-refractivity contribution in [2.75, 3.05) is 18.4 Å². The first-order valence-corrected chi connectivity index (χ1v) is 11.3. The van der Waals surface area contributed by atoms with Crippen LogP contribution in [0.4, 0.5) is 9.52 Å². The Hall–Kier alpha value is -2.29. The Bertz CT molecular complexity index is 1010. The molecule has 3 heterocycles. The number of carbonyl (C=O) groups is 1. The van der Waals surface area contributed by atoms with Gasteiger partial charge in [-0.25, -0.2) is 14.4 Å². The summed E-state index contributed by atoms with van der Waals surface area (Å²) in [6.07, 6.45) is 2.59. The van der Waals surface area contributed by atoms with E-state index in [-0.39, 0.29) is 11.7 Å². The van der Waals surface area contributed by atoms with Gasteiger partial charge in [0.15, 0.2) is 5.13 Å². The van der Waals surface area contributed by atoms with Gasteiger partial charge in [-0.2, -0.15) is 0 Å². The van der Waals surface area contributed by atoms with Crippen LogP contribution in [0, 0.1) is 5.82 Å². The highest BCUT2D eigenvalue weighted by Crippen LogP contribution is 2.30. The summed E-state index contributed by atoms with van der Waals surface area (Å²) in [5.41, 5.74) is 2.58. The zero-order valence-electron chi connectivity index (χ0n) is 16.0. The lowest BCUT2D eigenvalue weighted by Gasteiger charge is -2.23. The third-order valence-electron chi connectivity index (χ3n) is 4.78. The zero-order chi connectivity index (χ0) is 20.2. The molecule has 1 aliphatic heterocycles. The maximum atomic E-state index is 13.1. The molecule has 0 aliphatic carbocycles. The van der Waals surface area contributed by atoms with Crippen LogP contribution < -0.4 is 5.32 Å². The van der Waals surface area contributed by atoms with Gasteiger partial charge in [0.1, 0.15) is 10.8 Å². The van der Waals surface area contributed by atoms with Crippen LogP contribution in [-0.4, -0.2) is 33.9 Å². The Morgan fingerprint density at radius 1 is 1.31 bits per heavy atom. The molecule has 1 aromatic carbocycles. The Labute approximate surface area is 177 Å². The fourth-order valence-corrected chi connectivity index (χ4v) is 5.14. The molecule has 29 heavy (non-hydrogen) atoms. The molecule has 0 unspecified atom stereocenters. The lowest BCUT2D eigenvalue weighted by Crippen LogP contribution is -2.29. The zero-order valence-corrected chi connectivity index (χ0v) is 17.7. The van der Waals surface area contributed by atoms with E-state index in [4.69, 9.17) is 0 Å². The maximum absolute atomic E-state index is 13.1. The van der Waals surface area contributed by atoms with E-state index in [1.54, 1.807) is 41.8 Å². The van der Waals surface area contributed by atoms with Crippen molar-refractivity contribution in [1.29, 1.82) is 0 Å². The van der Waals surface area contributed by atoms with Crippen molar-refractivity contribution in [3.63, 3.8) is 0 Å². The number of nitrogens with zero attached hydrogens (tertiary/aromatic N) is 3. The van der Waals surface area contributed by atoms with Crippen LogP contribution in [0.2, 0.25) is 0 Å². The molecule has 0 saturated heterocycles. The second-order valence-electron chi connectivity index (χ2n) is 6.73. The molecule has 1 amide bonds. The highest BCUT2D eigenvalue weighted by Gasteiger charge is 2.21. The molecule has 0 radical (unpaired) electrons. The van der Waals surface area contributed by atoms with Crippen LogP contribution >= 0.6 is 23.1 Å². The SMILES string of the molecule is CCN1CCc2nc(NC(=O)c3cccnc3SCc3ccc(F)cc3)sc2C1. The number of halogens is 1. The number of likely N-dealkylation sites (N-methyl/N-ethyl adjacent to an activating group) is 1. The number of hydrogen-bond acceptors (Lipinski definition) is 6. The van der Waals surface area contributed by atoms with E-state index in [1.165, 1.54) is 28.8 Å². The number of thioether (sulfide) groups is 1. The first kappa shape index (κ1) is 20.0. The van der Waals surface area contributed by atoms with Crippen LogP contribution in [-0.2, 0) is 18.7 Å². The Morgan fingerprint density at radius 2 is 2.14 bits per heavy atom. The quantitative estimate of drug-likeness (QED) is 0.582. The first-order chi connectivity index (χ1) is 14.1. The van der Waals surface area contributed by atoms with Crippen LogP contribution in [0.1, 0.15) is 33.4 Å². The molecular formula is C21H21FN4OS2. The van der Waals surface area contributed by atoms with E-state index in [1.807, 2.05) is 0 Å². The number of benzene rings is 1. The molecule has 0 saturated carbocycles. The summed E-state index contributed by atoms with van der Waals surface area (Å²) in [6.45, 7) is 5.07. The van der Waals surface area contributed by atoms with E-state index < -0.39 is 0 Å². The van der Waals surface area contributed by atoms with Crippen molar-refractivity contribution in [3.05, 3.63) is 70.1 Å². The fraction of sp³-hybridized carbons (Fsp3) is 0.286. The highest BCUT2D eigenvalue weighted by atomic mass is 32.2. The van der Waals surface area contributed by atoms with Crippen LogP contribution in [0.3, 0.4) is 0 Å². The number of hydrogen-bond donors (Lipinski definition) is 1. The van der Waals surface area contributed by atoms with Crippen LogP contribution in [0.15, 0.2) is 47.6 Å². The first-order valence-electron chi connectivity index (χ1n) is 9.47. The molecule has 5 nitrogen and oxygen atoms in total. The van der Waals surface area contributed by atoms with Crippen molar-refractivity contribution in [2.45, 2.75) is 30.7 Å². The smallest absolute Gasteiger partial charge is 0.260 e. The molecule has 150 valence electrons. The summed E-state index contributed by atoms with van der Waals surface area (Å²) in [6, 6.07) is 9.87. The van der Waals surface area contributed by atoms with Crippen LogP contribution in [0.5, 0.6) is 0 Å². The summed E-state index contributed by atoms with van der Waals surface area (Å²) < 4.78 is 13.1. The number of amides is 1. The van der Waals surface area contributed by atoms with Gasteiger partial charge in [-0.05, 0) is 36.4 Å². The van der Waals surface area contributed by atoms with Gasteiger partial charge in [0.2, 0.25) is 0 Å². The molecule has 0 bridgehead atoms. The maximum Gasteiger partial charge on any atom is 0.260 e. The lowest BCUT2D eigenvalue weighted by atomic mass is 10.2. The van der Waals surface area contributed by atoms with Crippen LogP contribution in [0.25, 0.3) is 0 Å². The normalized spacial score (nSPS) is 13.9. The molecule has 1 aliphatic rings. The number of pyridine rings is 1.